The fourth-order valence-electron chi connectivity index (χ4n) is 5.70. The molecule has 3 atom stereocenters. The average molecular weight is 437 g/mol. The van der Waals surface area contributed by atoms with Crippen LogP contribution in [0.3, 0.4) is 0 Å². The quantitative estimate of drug-likeness (QED) is 0.726. The molecule has 0 aromatic heterocycles. The fraction of sp³-hybridized carbons (Fsp3) is 0.462. The summed E-state index contributed by atoms with van der Waals surface area (Å²) in [4.78, 5) is 27.4. The minimum Gasteiger partial charge on any atom is -0.497 e. The Labute approximate surface area is 189 Å². The number of hydrogen-bond donors (Lipinski definition) is 1. The first-order chi connectivity index (χ1) is 15.4. The highest BCUT2D eigenvalue weighted by Crippen LogP contribution is 2.54. The van der Waals surface area contributed by atoms with Crippen LogP contribution in [0.4, 0.5) is 0 Å². The zero-order valence-electron chi connectivity index (χ0n) is 19.1. The first kappa shape index (κ1) is 22.3. The van der Waals surface area contributed by atoms with E-state index < -0.39 is 11.0 Å². The second-order valence-corrected chi connectivity index (χ2v) is 9.17. The van der Waals surface area contributed by atoms with Crippen LogP contribution in [0, 0.1) is 0 Å². The van der Waals surface area contributed by atoms with E-state index in [1.807, 2.05) is 42.5 Å². The van der Waals surface area contributed by atoms with Crippen molar-refractivity contribution in [3.63, 3.8) is 0 Å². The van der Waals surface area contributed by atoms with Gasteiger partial charge in [0.25, 0.3) is 5.91 Å². The number of rotatable bonds is 5. The maximum atomic E-state index is 12.9. The number of carbonyl (C=O) groups is 2. The molecule has 0 spiro atoms. The Balaban J connectivity index is 1.72. The van der Waals surface area contributed by atoms with Crippen molar-refractivity contribution in [2.75, 3.05) is 27.2 Å². The molecule has 0 radical (unpaired) electrons. The van der Waals surface area contributed by atoms with E-state index in [0.29, 0.717) is 24.9 Å². The van der Waals surface area contributed by atoms with Crippen LogP contribution in [-0.2, 0) is 14.9 Å². The number of likely N-dealkylation sites (N-methyl/N-ethyl adjacent to an activating group) is 1. The maximum absolute atomic E-state index is 12.9. The van der Waals surface area contributed by atoms with Gasteiger partial charge < -0.3 is 19.7 Å². The standard InChI is InChI=1S/C26H32N2O4/c1-19(29)32-26-13-12-22(27-24(30)20-8-5-4-6-9-20)17-25(26,14-15-28(2)18-26)21-10-7-11-23(16-21)31-3/h4-11,16,22H,12-15,17-18H2,1-3H3,(H,27,30)/t22-,25?,26?/m1/s1. The van der Waals surface area contributed by atoms with Gasteiger partial charge in [0.2, 0.25) is 0 Å². The van der Waals surface area contributed by atoms with Crippen LogP contribution in [0.25, 0.3) is 0 Å². The number of carbonyl (C=O) groups excluding carboxylic acids is 2. The third-order valence-corrected chi connectivity index (χ3v) is 7.14. The minimum atomic E-state index is -0.647. The van der Waals surface area contributed by atoms with Gasteiger partial charge in [0.15, 0.2) is 0 Å². The van der Waals surface area contributed by atoms with Crippen molar-refractivity contribution in [2.24, 2.45) is 0 Å². The molecule has 1 N–H and O–H groups in total. The molecule has 1 heterocycles. The summed E-state index contributed by atoms with van der Waals surface area (Å²) in [6.07, 6.45) is 2.99. The molecule has 2 unspecified atom stereocenters. The van der Waals surface area contributed by atoms with Crippen molar-refractivity contribution >= 4 is 11.9 Å². The molecule has 1 saturated carbocycles. The minimum absolute atomic E-state index is 0.0130. The normalized spacial score (nSPS) is 27.8. The average Bonchev–Trinajstić information content (AvgIpc) is 2.79. The Morgan fingerprint density at radius 1 is 1.09 bits per heavy atom. The lowest BCUT2D eigenvalue weighted by Gasteiger charge is -2.59. The number of nitrogens with one attached hydrogen (secondary N) is 1. The molecule has 4 rings (SSSR count). The summed E-state index contributed by atoms with van der Waals surface area (Å²) in [5.74, 6) is 0.451. The lowest BCUT2D eigenvalue weighted by atomic mass is 9.55. The molecule has 2 aliphatic rings. The monoisotopic (exact) mass is 436 g/mol. The Hall–Kier alpha value is -2.86. The van der Waals surface area contributed by atoms with Crippen molar-refractivity contribution in [3.05, 3.63) is 65.7 Å². The SMILES string of the molecule is COc1cccc(C23CCN(C)CC2(OC(C)=O)CC[C@@H](NC(=O)c2ccccc2)C3)c1. The van der Waals surface area contributed by atoms with Crippen molar-refractivity contribution in [1.82, 2.24) is 10.2 Å². The van der Waals surface area contributed by atoms with E-state index in [1.54, 1.807) is 7.11 Å². The smallest absolute Gasteiger partial charge is 0.303 e. The van der Waals surface area contributed by atoms with Crippen molar-refractivity contribution in [2.45, 2.75) is 49.7 Å². The third kappa shape index (κ3) is 4.11. The molecule has 6 nitrogen and oxygen atoms in total. The van der Waals surface area contributed by atoms with Crippen LogP contribution < -0.4 is 10.1 Å². The lowest BCUT2D eigenvalue weighted by Crippen LogP contribution is -2.68. The zero-order valence-corrected chi connectivity index (χ0v) is 19.1. The van der Waals surface area contributed by atoms with E-state index in [9.17, 15) is 9.59 Å². The summed E-state index contributed by atoms with van der Waals surface area (Å²) in [5.41, 5.74) is 0.701. The largest absolute Gasteiger partial charge is 0.497 e. The number of amides is 1. The molecule has 2 aromatic rings. The van der Waals surface area contributed by atoms with Gasteiger partial charge >= 0.3 is 5.97 Å². The van der Waals surface area contributed by atoms with Gasteiger partial charge in [-0.05, 0) is 69.1 Å². The van der Waals surface area contributed by atoms with E-state index in [1.165, 1.54) is 6.92 Å². The second-order valence-electron chi connectivity index (χ2n) is 9.17. The molecule has 1 aliphatic carbocycles. The van der Waals surface area contributed by atoms with Crippen molar-refractivity contribution in [3.8, 4) is 5.75 Å². The summed E-state index contributed by atoms with van der Waals surface area (Å²) < 4.78 is 11.7. The van der Waals surface area contributed by atoms with Crippen LogP contribution in [0.1, 0.15) is 48.5 Å². The number of hydrogen-bond acceptors (Lipinski definition) is 5. The van der Waals surface area contributed by atoms with Crippen LogP contribution in [-0.4, -0.2) is 55.7 Å². The Morgan fingerprint density at radius 2 is 1.88 bits per heavy atom. The number of benzene rings is 2. The highest BCUT2D eigenvalue weighted by molar-refractivity contribution is 5.94. The molecule has 170 valence electrons. The fourth-order valence-corrected chi connectivity index (χ4v) is 5.70. The molecular formula is C26H32N2O4. The summed E-state index contributed by atoms with van der Waals surface area (Å²) in [6.45, 7) is 3.05. The number of nitrogens with zero attached hydrogens (tertiary/aromatic N) is 1. The number of likely N-dealkylation sites (tertiary alicyclic amines) is 1. The van der Waals surface area contributed by atoms with E-state index >= 15 is 0 Å². The van der Waals surface area contributed by atoms with E-state index in [2.05, 4.69) is 29.4 Å². The van der Waals surface area contributed by atoms with Crippen molar-refractivity contribution in [1.29, 1.82) is 0 Å². The number of fused-ring (bicyclic) bond motifs is 1. The summed E-state index contributed by atoms with van der Waals surface area (Å²) in [7, 11) is 3.73. The molecule has 1 saturated heterocycles. The number of piperidine rings is 1. The summed E-state index contributed by atoms with van der Waals surface area (Å²) in [6, 6.07) is 17.4. The van der Waals surface area contributed by atoms with E-state index in [-0.39, 0.29) is 17.9 Å². The van der Waals surface area contributed by atoms with Gasteiger partial charge in [-0.1, -0.05) is 30.3 Å². The van der Waals surface area contributed by atoms with Crippen LogP contribution in [0.2, 0.25) is 0 Å². The molecule has 1 amide bonds. The van der Waals surface area contributed by atoms with Gasteiger partial charge in [0, 0.05) is 30.5 Å². The van der Waals surface area contributed by atoms with Crippen LogP contribution >= 0.6 is 0 Å². The Morgan fingerprint density at radius 3 is 2.59 bits per heavy atom. The first-order valence-electron chi connectivity index (χ1n) is 11.3. The van der Waals surface area contributed by atoms with Gasteiger partial charge in [-0.3, -0.25) is 9.59 Å². The van der Waals surface area contributed by atoms with Crippen LogP contribution in [0.15, 0.2) is 54.6 Å². The Bertz CT molecular complexity index is 979. The van der Waals surface area contributed by atoms with Gasteiger partial charge in [0.05, 0.1) is 7.11 Å². The van der Waals surface area contributed by atoms with Crippen molar-refractivity contribution < 1.29 is 19.1 Å². The van der Waals surface area contributed by atoms with E-state index in [0.717, 1.165) is 30.7 Å². The molecule has 6 heteroatoms. The predicted octanol–water partition coefficient (Wildman–Crippen LogP) is 3.55. The zero-order chi connectivity index (χ0) is 22.8. The molecule has 1 aliphatic heterocycles. The first-order valence-corrected chi connectivity index (χ1v) is 11.3. The second kappa shape index (κ2) is 8.94. The molecule has 2 aromatic carbocycles. The number of methoxy groups -OCH3 is 1. The molecule has 32 heavy (non-hydrogen) atoms. The molecular weight excluding hydrogens is 404 g/mol. The topological polar surface area (TPSA) is 67.9 Å². The highest BCUT2D eigenvalue weighted by atomic mass is 16.6. The summed E-state index contributed by atoms with van der Waals surface area (Å²) >= 11 is 0. The molecule has 2 fully saturated rings. The number of ether oxygens (including phenoxy) is 2. The summed E-state index contributed by atoms with van der Waals surface area (Å²) in [5, 5.41) is 3.25. The van der Waals surface area contributed by atoms with Gasteiger partial charge in [0.1, 0.15) is 11.4 Å². The maximum Gasteiger partial charge on any atom is 0.303 e. The van der Waals surface area contributed by atoms with Gasteiger partial charge in [-0.25, -0.2) is 0 Å². The third-order valence-electron chi connectivity index (χ3n) is 7.14. The van der Waals surface area contributed by atoms with E-state index in [4.69, 9.17) is 9.47 Å². The molecule has 0 bridgehead atoms. The van der Waals surface area contributed by atoms with Gasteiger partial charge in [-0.2, -0.15) is 0 Å². The Kier molecular flexibility index (Phi) is 6.24. The van der Waals surface area contributed by atoms with Crippen LogP contribution in [0.5, 0.6) is 5.75 Å². The number of esters is 1. The predicted molar refractivity (Wildman–Crippen MR) is 123 cm³/mol. The lowest BCUT2D eigenvalue weighted by molar-refractivity contribution is -0.185. The van der Waals surface area contributed by atoms with Gasteiger partial charge in [-0.15, -0.1) is 0 Å². The highest BCUT2D eigenvalue weighted by Gasteiger charge is 2.60.